The summed E-state index contributed by atoms with van der Waals surface area (Å²) in [7, 11) is 0. The minimum absolute atomic E-state index is 0.466. The predicted molar refractivity (Wildman–Crippen MR) is 72.1 cm³/mol. The molecule has 1 N–H and O–H groups in total. The van der Waals surface area contributed by atoms with Crippen LogP contribution in [0.15, 0.2) is 48.5 Å². The Morgan fingerprint density at radius 2 is 1.76 bits per heavy atom. The highest BCUT2D eigenvalue weighted by atomic mass is 15.0. The Hall–Kier alpha value is -1.83. The fraction of sp³-hybridized carbons (Fsp3) is 0.267. The number of hydrogen-bond acceptors (Lipinski definition) is 2. The molecule has 2 aromatic rings. The number of nitrogens with zero attached hydrogens (tertiary/aromatic N) is 1. The van der Waals surface area contributed by atoms with E-state index in [1.54, 1.807) is 0 Å². The molecule has 0 saturated carbocycles. The Morgan fingerprint density at radius 3 is 2.47 bits per heavy atom. The lowest BCUT2D eigenvalue weighted by molar-refractivity contribution is 0.822. The topological polar surface area (TPSA) is 24.9 Å². The zero-order chi connectivity index (χ0) is 12.1. The molecular formula is C15H18N2. The van der Waals surface area contributed by atoms with Gasteiger partial charge in [0.25, 0.3) is 0 Å². The molecule has 1 heterocycles. The fourth-order valence-electron chi connectivity index (χ4n) is 1.66. The van der Waals surface area contributed by atoms with Gasteiger partial charge in [-0.25, -0.2) is 4.98 Å². The third kappa shape index (κ3) is 3.31. The summed E-state index contributed by atoms with van der Waals surface area (Å²) in [6, 6.07) is 16.5. The van der Waals surface area contributed by atoms with Gasteiger partial charge in [-0.2, -0.15) is 0 Å². The van der Waals surface area contributed by atoms with Crippen molar-refractivity contribution in [3.63, 3.8) is 0 Å². The first kappa shape index (κ1) is 11.6. The maximum absolute atomic E-state index is 4.58. The minimum Gasteiger partial charge on any atom is -0.366 e. The average molecular weight is 226 g/mol. The monoisotopic (exact) mass is 226 g/mol. The van der Waals surface area contributed by atoms with Gasteiger partial charge in [-0.05, 0) is 23.6 Å². The quantitative estimate of drug-likeness (QED) is 0.857. The molecule has 1 aromatic carbocycles. The molecule has 0 bridgehead atoms. The Bertz CT molecular complexity index is 463. The van der Waals surface area contributed by atoms with Crippen molar-refractivity contribution in [1.29, 1.82) is 0 Å². The molecule has 0 fully saturated rings. The van der Waals surface area contributed by atoms with E-state index < -0.39 is 0 Å². The van der Waals surface area contributed by atoms with Crippen LogP contribution in [-0.4, -0.2) is 4.98 Å². The summed E-state index contributed by atoms with van der Waals surface area (Å²) >= 11 is 0. The largest absolute Gasteiger partial charge is 0.366 e. The lowest BCUT2D eigenvalue weighted by Gasteiger charge is -2.09. The van der Waals surface area contributed by atoms with Crippen molar-refractivity contribution in [3.05, 3.63) is 59.8 Å². The number of aromatic nitrogens is 1. The second-order valence-electron chi connectivity index (χ2n) is 4.44. The van der Waals surface area contributed by atoms with Gasteiger partial charge in [-0.3, -0.25) is 0 Å². The van der Waals surface area contributed by atoms with E-state index >= 15 is 0 Å². The van der Waals surface area contributed by atoms with Gasteiger partial charge in [0.2, 0.25) is 0 Å². The third-order valence-corrected chi connectivity index (χ3v) is 2.68. The molecule has 2 rings (SSSR count). The van der Waals surface area contributed by atoms with Crippen molar-refractivity contribution in [2.75, 3.05) is 5.32 Å². The molecule has 0 unspecified atom stereocenters. The van der Waals surface area contributed by atoms with E-state index in [0.717, 1.165) is 18.1 Å². The SMILES string of the molecule is CC(C)c1cccc(NCc2ccccc2)n1. The van der Waals surface area contributed by atoms with Crippen LogP contribution in [0.2, 0.25) is 0 Å². The van der Waals surface area contributed by atoms with E-state index in [1.165, 1.54) is 5.56 Å². The highest BCUT2D eigenvalue weighted by Crippen LogP contribution is 2.14. The normalized spacial score (nSPS) is 10.5. The van der Waals surface area contributed by atoms with Crippen molar-refractivity contribution in [3.8, 4) is 0 Å². The molecule has 88 valence electrons. The van der Waals surface area contributed by atoms with Gasteiger partial charge in [0.05, 0.1) is 0 Å². The highest BCUT2D eigenvalue weighted by molar-refractivity contribution is 5.37. The number of hydrogen-bond donors (Lipinski definition) is 1. The van der Waals surface area contributed by atoms with Crippen LogP contribution in [0.3, 0.4) is 0 Å². The van der Waals surface area contributed by atoms with Crippen molar-refractivity contribution in [1.82, 2.24) is 4.98 Å². The van der Waals surface area contributed by atoms with Gasteiger partial charge >= 0.3 is 0 Å². The molecule has 2 heteroatoms. The number of anilines is 1. The van der Waals surface area contributed by atoms with Gasteiger partial charge in [0.15, 0.2) is 0 Å². The summed E-state index contributed by atoms with van der Waals surface area (Å²) in [6.07, 6.45) is 0. The van der Waals surface area contributed by atoms with Crippen molar-refractivity contribution < 1.29 is 0 Å². The molecule has 0 aliphatic rings. The molecule has 0 amide bonds. The van der Waals surface area contributed by atoms with Gasteiger partial charge in [-0.1, -0.05) is 50.2 Å². The Balaban J connectivity index is 2.02. The van der Waals surface area contributed by atoms with Crippen LogP contribution >= 0.6 is 0 Å². The number of nitrogens with one attached hydrogen (secondary N) is 1. The van der Waals surface area contributed by atoms with Crippen LogP contribution in [0.4, 0.5) is 5.82 Å². The number of pyridine rings is 1. The maximum atomic E-state index is 4.58. The van der Waals surface area contributed by atoms with Crippen molar-refractivity contribution in [2.24, 2.45) is 0 Å². The van der Waals surface area contributed by atoms with Gasteiger partial charge in [0.1, 0.15) is 5.82 Å². The zero-order valence-corrected chi connectivity index (χ0v) is 10.4. The van der Waals surface area contributed by atoms with Crippen LogP contribution in [-0.2, 0) is 6.54 Å². The van der Waals surface area contributed by atoms with E-state index in [-0.39, 0.29) is 0 Å². The molecule has 0 spiro atoms. The molecule has 1 aromatic heterocycles. The molecule has 2 nitrogen and oxygen atoms in total. The summed E-state index contributed by atoms with van der Waals surface area (Å²) in [6.45, 7) is 5.13. The first-order chi connectivity index (χ1) is 8.25. The van der Waals surface area contributed by atoms with Gasteiger partial charge in [0, 0.05) is 12.2 Å². The van der Waals surface area contributed by atoms with E-state index in [1.807, 2.05) is 12.1 Å². The van der Waals surface area contributed by atoms with E-state index in [4.69, 9.17) is 0 Å². The smallest absolute Gasteiger partial charge is 0.126 e. The molecule has 0 saturated heterocycles. The molecule has 0 aliphatic carbocycles. The average Bonchev–Trinajstić information content (AvgIpc) is 2.38. The second kappa shape index (κ2) is 5.48. The first-order valence-electron chi connectivity index (χ1n) is 6.00. The Kier molecular flexibility index (Phi) is 3.76. The lowest BCUT2D eigenvalue weighted by Crippen LogP contribution is -2.03. The van der Waals surface area contributed by atoms with Crippen molar-refractivity contribution in [2.45, 2.75) is 26.3 Å². The Morgan fingerprint density at radius 1 is 1.00 bits per heavy atom. The standard InChI is InChI=1S/C15H18N2/c1-12(2)14-9-6-10-15(17-14)16-11-13-7-4-3-5-8-13/h3-10,12H,11H2,1-2H3,(H,16,17). The summed E-state index contributed by atoms with van der Waals surface area (Å²) < 4.78 is 0. The first-order valence-corrected chi connectivity index (χ1v) is 6.00. The van der Waals surface area contributed by atoms with E-state index in [9.17, 15) is 0 Å². The molecule has 0 atom stereocenters. The van der Waals surface area contributed by atoms with Crippen LogP contribution in [0, 0.1) is 0 Å². The molecule has 0 radical (unpaired) electrons. The van der Waals surface area contributed by atoms with Crippen LogP contribution in [0.25, 0.3) is 0 Å². The molecular weight excluding hydrogens is 208 g/mol. The maximum Gasteiger partial charge on any atom is 0.126 e. The zero-order valence-electron chi connectivity index (χ0n) is 10.4. The summed E-state index contributed by atoms with van der Waals surface area (Å²) in [5.74, 6) is 1.41. The summed E-state index contributed by atoms with van der Waals surface area (Å²) in [5, 5.41) is 3.35. The minimum atomic E-state index is 0.466. The lowest BCUT2D eigenvalue weighted by atomic mass is 10.1. The van der Waals surface area contributed by atoms with Crippen molar-refractivity contribution >= 4 is 5.82 Å². The summed E-state index contributed by atoms with van der Waals surface area (Å²) in [4.78, 5) is 4.58. The van der Waals surface area contributed by atoms with E-state index in [0.29, 0.717) is 5.92 Å². The number of benzene rings is 1. The molecule has 17 heavy (non-hydrogen) atoms. The summed E-state index contributed by atoms with van der Waals surface area (Å²) in [5.41, 5.74) is 2.40. The van der Waals surface area contributed by atoms with Gasteiger partial charge in [-0.15, -0.1) is 0 Å². The Labute approximate surface area is 103 Å². The highest BCUT2D eigenvalue weighted by Gasteiger charge is 2.01. The molecule has 0 aliphatic heterocycles. The van der Waals surface area contributed by atoms with E-state index in [2.05, 4.69) is 60.5 Å². The number of rotatable bonds is 4. The predicted octanol–water partition coefficient (Wildman–Crippen LogP) is 3.82. The van der Waals surface area contributed by atoms with Crippen LogP contribution in [0.5, 0.6) is 0 Å². The van der Waals surface area contributed by atoms with Gasteiger partial charge < -0.3 is 5.32 Å². The third-order valence-electron chi connectivity index (χ3n) is 2.68. The second-order valence-corrected chi connectivity index (χ2v) is 4.44. The van der Waals surface area contributed by atoms with Crippen LogP contribution in [0.1, 0.15) is 31.0 Å². The fourth-order valence-corrected chi connectivity index (χ4v) is 1.66. The van der Waals surface area contributed by atoms with Crippen LogP contribution < -0.4 is 5.32 Å².